The second kappa shape index (κ2) is 7.01. The Balaban J connectivity index is 2.07. The molecule has 1 aromatic heterocycles. The third kappa shape index (κ3) is 3.90. The van der Waals surface area contributed by atoms with Crippen LogP contribution in [0.15, 0.2) is 18.0 Å². The molecule has 1 aromatic rings. The molecule has 0 spiro atoms. The van der Waals surface area contributed by atoms with Gasteiger partial charge in [-0.2, -0.15) is 0 Å². The van der Waals surface area contributed by atoms with E-state index in [9.17, 15) is 10.1 Å². The molecule has 0 unspecified atom stereocenters. The van der Waals surface area contributed by atoms with Gasteiger partial charge < -0.3 is 10.2 Å². The molecule has 1 aliphatic carbocycles. The van der Waals surface area contributed by atoms with Gasteiger partial charge in [0.15, 0.2) is 0 Å². The van der Waals surface area contributed by atoms with E-state index < -0.39 is 4.92 Å². The lowest BCUT2D eigenvalue weighted by Crippen LogP contribution is -2.16. The summed E-state index contributed by atoms with van der Waals surface area (Å²) >= 11 is 0. The molecular weight excluding hydrogens is 270 g/mol. The molecule has 1 N–H and O–H groups in total. The van der Waals surface area contributed by atoms with Gasteiger partial charge in [0.1, 0.15) is 6.33 Å². The van der Waals surface area contributed by atoms with Crippen LogP contribution in [0.5, 0.6) is 0 Å². The fraction of sp³-hybridized carbons (Fsp3) is 0.571. The second-order valence-electron chi connectivity index (χ2n) is 5.33. The standard InChI is InChI=1S/C14H21N5O2/c1-18(2)14-12(19(20)21)13(16-10-17-14)15-9-8-11-6-4-3-5-7-11/h6,10H,3-5,7-9H2,1-2H3,(H,15,16,17). The molecule has 0 aromatic carbocycles. The number of hydrogen-bond donors (Lipinski definition) is 1. The number of rotatable bonds is 6. The average Bonchev–Trinajstić information content (AvgIpc) is 2.47. The van der Waals surface area contributed by atoms with Crippen LogP contribution < -0.4 is 10.2 Å². The molecule has 0 amide bonds. The van der Waals surface area contributed by atoms with Gasteiger partial charge in [-0.25, -0.2) is 9.97 Å². The minimum atomic E-state index is -0.433. The predicted molar refractivity (Wildman–Crippen MR) is 82.7 cm³/mol. The molecule has 1 aliphatic rings. The zero-order valence-corrected chi connectivity index (χ0v) is 12.5. The van der Waals surface area contributed by atoms with E-state index in [-0.39, 0.29) is 11.5 Å². The number of hydrogen-bond acceptors (Lipinski definition) is 6. The topological polar surface area (TPSA) is 84.2 Å². The summed E-state index contributed by atoms with van der Waals surface area (Å²) in [5.41, 5.74) is 1.36. The fourth-order valence-electron chi connectivity index (χ4n) is 2.47. The Morgan fingerprint density at radius 1 is 1.38 bits per heavy atom. The van der Waals surface area contributed by atoms with E-state index in [0.717, 1.165) is 19.3 Å². The number of nitrogens with zero attached hydrogens (tertiary/aromatic N) is 4. The first-order valence-corrected chi connectivity index (χ1v) is 7.18. The number of anilines is 2. The van der Waals surface area contributed by atoms with E-state index in [1.807, 2.05) is 0 Å². The van der Waals surface area contributed by atoms with E-state index in [4.69, 9.17) is 0 Å². The van der Waals surface area contributed by atoms with Crippen molar-refractivity contribution in [3.05, 3.63) is 28.1 Å². The highest BCUT2D eigenvalue weighted by Gasteiger charge is 2.23. The van der Waals surface area contributed by atoms with Gasteiger partial charge in [0, 0.05) is 20.6 Å². The Hall–Kier alpha value is -2.18. The van der Waals surface area contributed by atoms with Gasteiger partial charge in [0.25, 0.3) is 0 Å². The number of aromatic nitrogens is 2. The normalized spacial score (nSPS) is 14.5. The maximum atomic E-state index is 11.3. The van der Waals surface area contributed by atoms with Crippen molar-refractivity contribution < 1.29 is 4.92 Å². The molecule has 114 valence electrons. The van der Waals surface area contributed by atoms with E-state index in [2.05, 4.69) is 21.4 Å². The van der Waals surface area contributed by atoms with Crippen molar-refractivity contribution in [2.24, 2.45) is 0 Å². The minimum absolute atomic E-state index is 0.0693. The molecule has 0 saturated carbocycles. The quantitative estimate of drug-likeness (QED) is 0.493. The van der Waals surface area contributed by atoms with Crippen LogP contribution in [0.2, 0.25) is 0 Å². The molecule has 1 heterocycles. The van der Waals surface area contributed by atoms with Crippen molar-refractivity contribution >= 4 is 17.3 Å². The lowest BCUT2D eigenvalue weighted by molar-refractivity contribution is -0.383. The average molecular weight is 291 g/mol. The molecule has 0 atom stereocenters. The Bertz CT molecular complexity index is 542. The summed E-state index contributed by atoms with van der Waals surface area (Å²) in [6.07, 6.45) is 9.32. The van der Waals surface area contributed by atoms with E-state index in [1.165, 1.54) is 24.7 Å². The van der Waals surface area contributed by atoms with Gasteiger partial charge in [-0.3, -0.25) is 10.1 Å². The first kappa shape index (κ1) is 15.2. The zero-order valence-electron chi connectivity index (χ0n) is 12.5. The third-order valence-electron chi connectivity index (χ3n) is 3.53. The number of nitro groups is 1. The summed E-state index contributed by atoms with van der Waals surface area (Å²) in [4.78, 5) is 20.4. The second-order valence-corrected chi connectivity index (χ2v) is 5.33. The van der Waals surface area contributed by atoms with Crippen LogP contribution in [-0.2, 0) is 0 Å². The van der Waals surface area contributed by atoms with Crippen molar-refractivity contribution in [1.82, 2.24) is 9.97 Å². The molecule has 0 bridgehead atoms. The van der Waals surface area contributed by atoms with E-state index in [1.54, 1.807) is 19.0 Å². The third-order valence-corrected chi connectivity index (χ3v) is 3.53. The van der Waals surface area contributed by atoms with Crippen LogP contribution in [-0.4, -0.2) is 35.5 Å². The maximum Gasteiger partial charge on any atom is 0.353 e. The molecule has 0 aliphatic heterocycles. The maximum absolute atomic E-state index is 11.3. The highest BCUT2D eigenvalue weighted by molar-refractivity contribution is 5.69. The van der Waals surface area contributed by atoms with E-state index >= 15 is 0 Å². The Labute approximate surface area is 124 Å². The van der Waals surface area contributed by atoms with Crippen molar-refractivity contribution in [2.45, 2.75) is 32.1 Å². The van der Waals surface area contributed by atoms with Gasteiger partial charge >= 0.3 is 5.69 Å². The summed E-state index contributed by atoms with van der Waals surface area (Å²) in [7, 11) is 3.46. The summed E-state index contributed by atoms with van der Waals surface area (Å²) < 4.78 is 0. The molecule has 7 nitrogen and oxygen atoms in total. The van der Waals surface area contributed by atoms with Gasteiger partial charge in [-0.1, -0.05) is 11.6 Å². The van der Waals surface area contributed by atoms with Crippen LogP contribution in [0, 0.1) is 10.1 Å². The van der Waals surface area contributed by atoms with Crippen molar-refractivity contribution in [3.8, 4) is 0 Å². The Morgan fingerprint density at radius 3 is 2.81 bits per heavy atom. The zero-order chi connectivity index (χ0) is 15.2. The van der Waals surface area contributed by atoms with Crippen LogP contribution >= 0.6 is 0 Å². The van der Waals surface area contributed by atoms with Crippen LogP contribution in [0.4, 0.5) is 17.3 Å². The summed E-state index contributed by atoms with van der Waals surface area (Å²) in [5, 5.41) is 14.3. The molecule has 0 saturated heterocycles. The molecule has 0 fully saturated rings. The van der Waals surface area contributed by atoms with E-state index in [0.29, 0.717) is 12.4 Å². The van der Waals surface area contributed by atoms with Gasteiger partial charge in [-0.15, -0.1) is 0 Å². The highest BCUT2D eigenvalue weighted by Crippen LogP contribution is 2.30. The molecule has 7 heteroatoms. The first-order chi connectivity index (χ1) is 10.1. The van der Waals surface area contributed by atoms with Crippen molar-refractivity contribution in [3.63, 3.8) is 0 Å². The van der Waals surface area contributed by atoms with Gasteiger partial charge in [-0.05, 0) is 32.1 Å². The molecule has 2 rings (SSSR count). The number of nitrogens with one attached hydrogen (secondary N) is 1. The first-order valence-electron chi connectivity index (χ1n) is 7.18. The Kier molecular flexibility index (Phi) is 5.08. The monoisotopic (exact) mass is 291 g/mol. The SMILES string of the molecule is CN(C)c1ncnc(NCCC2=CCCCC2)c1[N+](=O)[O-]. The van der Waals surface area contributed by atoms with Crippen LogP contribution in [0.25, 0.3) is 0 Å². The summed E-state index contributed by atoms with van der Waals surface area (Å²) in [6, 6.07) is 0. The van der Waals surface area contributed by atoms with Crippen molar-refractivity contribution in [2.75, 3.05) is 30.9 Å². The van der Waals surface area contributed by atoms with Gasteiger partial charge in [0.05, 0.1) is 4.92 Å². The summed E-state index contributed by atoms with van der Waals surface area (Å²) in [6.45, 7) is 0.649. The summed E-state index contributed by atoms with van der Waals surface area (Å²) in [5.74, 6) is 0.601. The predicted octanol–water partition coefficient (Wildman–Crippen LogP) is 2.75. The molecular formula is C14H21N5O2. The number of allylic oxidation sites excluding steroid dienone is 1. The lowest BCUT2D eigenvalue weighted by atomic mass is 9.97. The van der Waals surface area contributed by atoms with Gasteiger partial charge in [0.2, 0.25) is 11.6 Å². The minimum Gasteiger partial charge on any atom is -0.364 e. The Morgan fingerprint density at radius 2 is 2.19 bits per heavy atom. The lowest BCUT2D eigenvalue weighted by Gasteiger charge is -2.15. The smallest absolute Gasteiger partial charge is 0.353 e. The fourth-order valence-corrected chi connectivity index (χ4v) is 2.47. The molecule has 0 radical (unpaired) electrons. The molecule has 21 heavy (non-hydrogen) atoms. The van der Waals surface area contributed by atoms with Crippen LogP contribution in [0.1, 0.15) is 32.1 Å². The van der Waals surface area contributed by atoms with Crippen LogP contribution in [0.3, 0.4) is 0 Å². The highest BCUT2D eigenvalue weighted by atomic mass is 16.6. The van der Waals surface area contributed by atoms with Crippen molar-refractivity contribution in [1.29, 1.82) is 0 Å². The largest absolute Gasteiger partial charge is 0.364 e.